The van der Waals surface area contributed by atoms with Gasteiger partial charge in [0.15, 0.2) is 5.11 Å². The zero-order valence-corrected chi connectivity index (χ0v) is 11.8. The molecule has 1 aromatic carbocycles. The molecule has 4 nitrogen and oxygen atoms in total. The summed E-state index contributed by atoms with van der Waals surface area (Å²) < 4.78 is 5.09. The summed E-state index contributed by atoms with van der Waals surface area (Å²) in [5.41, 5.74) is 1.45. The van der Waals surface area contributed by atoms with E-state index >= 15 is 0 Å². The van der Waals surface area contributed by atoms with Crippen molar-refractivity contribution in [2.75, 3.05) is 13.7 Å². The van der Waals surface area contributed by atoms with E-state index in [9.17, 15) is 4.79 Å². The maximum absolute atomic E-state index is 12.1. The van der Waals surface area contributed by atoms with Crippen LogP contribution in [0.5, 0.6) is 5.75 Å². The number of thiocarbonyl (C=S) groups is 1. The third-order valence-corrected chi connectivity index (χ3v) is 3.16. The molecule has 1 aliphatic rings. The van der Waals surface area contributed by atoms with Crippen molar-refractivity contribution in [1.29, 1.82) is 0 Å². The second-order valence-corrected chi connectivity index (χ2v) is 4.60. The van der Waals surface area contributed by atoms with Crippen molar-refractivity contribution in [3.8, 4) is 5.75 Å². The molecule has 1 amide bonds. The van der Waals surface area contributed by atoms with Crippen molar-refractivity contribution in [3.05, 3.63) is 35.5 Å². The van der Waals surface area contributed by atoms with Crippen molar-refractivity contribution < 1.29 is 9.53 Å². The summed E-state index contributed by atoms with van der Waals surface area (Å²) in [6.45, 7) is 2.66. The van der Waals surface area contributed by atoms with Gasteiger partial charge in [-0.15, -0.1) is 0 Å². The maximum Gasteiger partial charge on any atom is 0.276 e. The van der Waals surface area contributed by atoms with Gasteiger partial charge in [-0.1, -0.05) is 19.1 Å². The third-order valence-electron chi connectivity index (χ3n) is 2.84. The van der Waals surface area contributed by atoms with E-state index in [-0.39, 0.29) is 5.91 Å². The average Bonchev–Trinajstić information content (AvgIpc) is 2.68. The normalized spacial score (nSPS) is 16.9. The van der Waals surface area contributed by atoms with Crippen LogP contribution in [0.25, 0.3) is 6.08 Å². The first-order chi connectivity index (χ1) is 9.15. The highest BCUT2D eigenvalue weighted by Crippen LogP contribution is 2.17. The molecule has 5 heteroatoms. The fourth-order valence-electron chi connectivity index (χ4n) is 1.87. The van der Waals surface area contributed by atoms with Crippen LogP contribution in [0.15, 0.2) is 30.0 Å². The quantitative estimate of drug-likeness (QED) is 0.676. The van der Waals surface area contributed by atoms with E-state index in [4.69, 9.17) is 17.0 Å². The molecule has 0 saturated carbocycles. The number of benzene rings is 1. The van der Waals surface area contributed by atoms with Crippen LogP contribution in [0.1, 0.15) is 18.9 Å². The van der Waals surface area contributed by atoms with Gasteiger partial charge in [0.05, 0.1) is 7.11 Å². The Hall–Kier alpha value is -1.88. The first-order valence-corrected chi connectivity index (χ1v) is 6.55. The van der Waals surface area contributed by atoms with Crippen molar-refractivity contribution in [1.82, 2.24) is 10.2 Å². The van der Waals surface area contributed by atoms with Crippen LogP contribution < -0.4 is 10.1 Å². The Morgan fingerprint density at radius 3 is 2.63 bits per heavy atom. The molecule has 0 bridgehead atoms. The van der Waals surface area contributed by atoms with Crippen LogP contribution in [0.3, 0.4) is 0 Å². The topological polar surface area (TPSA) is 41.6 Å². The first kappa shape index (κ1) is 13.5. The number of carbonyl (C=O) groups excluding carboxylic acids is 1. The predicted octanol–water partition coefficient (Wildman–Crippen LogP) is 2.16. The highest BCUT2D eigenvalue weighted by molar-refractivity contribution is 7.80. The lowest BCUT2D eigenvalue weighted by atomic mass is 10.2. The molecule has 0 aromatic heterocycles. The summed E-state index contributed by atoms with van der Waals surface area (Å²) in [7, 11) is 1.62. The van der Waals surface area contributed by atoms with E-state index < -0.39 is 0 Å². The molecular formula is C14H16N2O2S. The summed E-state index contributed by atoms with van der Waals surface area (Å²) in [5, 5.41) is 3.43. The molecule has 100 valence electrons. The van der Waals surface area contributed by atoms with Crippen LogP contribution in [-0.2, 0) is 4.79 Å². The maximum atomic E-state index is 12.1. The fraction of sp³-hybridized carbons (Fsp3) is 0.286. The third kappa shape index (κ3) is 2.93. The van der Waals surface area contributed by atoms with Crippen LogP contribution >= 0.6 is 12.2 Å². The lowest BCUT2D eigenvalue weighted by Gasteiger charge is -2.11. The number of ether oxygens (including phenoxy) is 1. The van der Waals surface area contributed by atoms with Gasteiger partial charge in [-0.05, 0) is 42.4 Å². The molecular weight excluding hydrogens is 260 g/mol. The van der Waals surface area contributed by atoms with E-state index in [1.807, 2.05) is 31.2 Å². The number of carbonyl (C=O) groups is 1. The van der Waals surface area contributed by atoms with Crippen LogP contribution in [0, 0.1) is 0 Å². The van der Waals surface area contributed by atoms with Crippen molar-refractivity contribution in [3.63, 3.8) is 0 Å². The number of rotatable bonds is 4. The number of nitrogens with zero attached hydrogens (tertiary/aromatic N) is 1. The average molecular weight is 276 g/mol. The first-order valence-electron chi connectivity index (χ1n) is 6.14. The minimum Gasteiger partial charge on any atom is -0.497 e. The SMILES string of the molecule is CCCN1C(=O)/C(=C/c2ccc(OC)cc2)NC1=S. The largest absolute Gasteiger partial charge is 0.497 e. The Kier molecular flexibility index (Phi) is 4.16. The standard InChI is InChI=1S/C14H16N2O2S/c1-3-8-16-13(17)12(15-14(16)19)9-10-4-6-11(18-2)7-5-10/h4-7,9H,3,8H2,1-2H3,(H,15,19)/b12-9-. The Morgan fingerprint density at radius 1 is 1.37 bits per heavy atom. The molecule has 2 rings (SSSR count). The number of hydrogen-bond acceptors (Lipinski definition) is 3. The number of methoxy groups -OCH3 is 1. The zero-order valence-electron chi connectivity index (χ0n) is 11.0. The molecule has 0 aliphatic carbocycles. The second-order valence-electron chi connectivity index (χ2n) is 4.22. The molecule has 1 aromatic rings. The van der Waals surface area contributed by atoms with Crippen LogP contribution in [0.2, 0.25) is 0 Å². The lowest BCUT2D eigenvalue weighted by Crippen LogP contribution is -2.31. The number of nitrogens with one attached hydrogen (secondary N) is 1. The highest BCUT2D eigenvalue weighted by Gasteiger charge is 2.29. The van der Waals surface area contributed by atoms with Crippen LogP contribution in [0.4, 0.5) is 0 Å². The molecule has 1 aliphatic heterocycles. The molecule has 1 fully saturated rings. The van der Waals surface area contributed by atoms with Crippen molar-refractivity contribution in [2.24, 2.45) is 0 Å². The minimum absolute atomic E-state index is 0.0670. The van der Waals surface area contributed by atoms with Crippen LogP contribution in [-0.4, -0.2) is 29.6 Å². The number of amides is 1. The van der Waals surface area contributed by atoms with E-state index in [1.165, 1.54) is 0 Å². The lowest BCUT2D eigenvalue weighted by molar-refractivity contribution is -0.122. The molecule has 0 spiro atoms. The Morgan fingerprint density at radius 2 is 2.05 bits per heavy atom. The van der Waals surface area contributed by atoms with Gasteiger partial charge in [0.1, 0.15) is 11.4 Å². The van der Waals surface area contributed by atoms with Gasteiger partial charge < -0.3 is 10.1 Å². The van der Waals surface area contributed by atoms with Gasteiger partial charge in [-0.25, -0.2) is 0 Å². The molecule has 0 unspecified atom stereocenters. The van der Waals surface area contributed by atoms with Gasteiger partial charge in [-0.2, -0.15) is 0 Å². The van der Waals surface area contributed by atoms with Gasteiger partial charge in [0, 0.05) is 6.54 Å². The summed E-state index contributed by atoms with van der Waals surface area (Å²) in [5.74, 6) is 0.721. The zero-order chi connectivity index (χ0) is 13.8. The highest BCUT2D eigenvalue weighted by atomic mass is 32.1. The van der Waals surface area contributed by atoms with E-state index in [2.05, 4.69) is 5.32 Å². The molecule has 1 saturated heterocycles. The summed E-state index contributed by atoms with van der Waals surface area (Å²) in [6.07, 6.45) is 2.67. The summed E-state index contributed by atoms with van der Waals surface area (Å²) in [6, 6.07) is 7.50. The Bertz CT molecular complexity index is 523. The Balaban J connectivity index is 2.19. The van der Waals surface area contributed by atoms with E-state index in [1.54, 1.807) is 18.1 Å². The monoisotopic (exact) mass is 276 g/mol. The predicted molar refractivity (Wildman–Crippen MR) is 78.7 cm³/mol. The molecule has 1 heterocycles. The minimum atomic E-state index is -0.0670. The molecule has 0 atom stereocenters. The van der Waals surface area contributed by atoms with E-state index in [0.29, 0.717) is 17.4 Å². The van der Waals surface area contributed by atoms with Gasteiger partial charge >= 0.3 is 0 Å². The molecule has 1 N–H and O–H groups in total. The fourth-order valence-corrected chi connectivity index (χ4v) is 2.15. The smallest absolute Gasteiger partial charge is 0.276 e. The summed E-state index contributed by atoms with van der Waals surface area (Å²) >= 11 is 5.15. The van der Waals surface area contributed by atoms with Crippen molar-refractivity contribution >= 4 is 29.3 Å². The molecule has 19 heavy (non-hydrogen) atoms. The van der Waals surface area contributed by atoms with Crippen molar-refractivity contribution in [2.45, 2.75) is 13.3 Å². The summed E-state index contributed by atoms with van der Waals surface area (Å²) in [4.78, 5) is 13.7. The van der Waals surface area contributed by atoms with Gasteiger partial charge in [-0.3, -0.25) is 9.69 Å². The van der Waals surface area contributed by atoms with E-state index in [0.717, 1.165) is 17.7 Å². The Labute approximate surface area is 118 Å². The second kappa shape index (κ2) is 5.84. The number of hydrogen-bond donors (Lipinski definition) is 1. The van der Waals surface area contributed by atoms with Gasteiger partial charge in [0.2, 0.25) is 0 Å². The van der Waals surface area contributed by atoms with Gasteiger partial charge in [0.25, 0.3) is 5.91 Å². The molecule has 0 radical (unpaired) electrons.